The molecule has 11 atom stereocenters. The Labute approximate surface area is 199 Å². The van der Waals surface area contributed by atoms with Crippen LogP contribution in [0, 0.1) is 57.2 Å². The largest absolute Gasteiger partial charge is 0.393 e. The van der Waals surface area contributed by atoms with E-state index in [4.69, 9.17) is 0 Å². The Morgan fingerprint density at radius 2 is 1.69 bits per heavy atom. The first kappa shape index (κ1) is 23.4. The fourth-order valence-corrected chi connectivity index (χ4v) is 11.2. The van der Waals surface area contributed by atoms with Crippen LogP contribution in [0.25, 0.3) is 0 Å². The van der Waals surface area contributed by atoms with Crippen LogP contribution in [0.1, 0.15) is 119 Å². The summed E-state index contributed by atoms with van der Waals surface area (Å²) in [5, 5.41) is 10.6. The third kappa shape index (κ3) is 2.91. The van der Waals surface area contributed by atoms with E-state index in [2.05, 4.69) is 48.1 Å². The van der Waals surface area contributed by atoms with Crippen molar-refractivity contribution in [3.05, 3.63) is 12.2 Å². The van der Waals surface area contributed by atoms with E-state index in [1.807, 2.05) is 0 Å². The minimum absolute atomic E-state index is 0.0337. The van der Waals surface area contributed by atoms with Crippen molar-refractivity contribution in [2.75, 3.05) is 0 Å². The molecule has 0 unspecified atom stereocenters. The molecule has 0 aromatic carbocycles. The second kappa shape index (κ2) is 7.60. The van der Waals surface area contributed by atoms with E-state index in [0.29, 0.717) is 33.5 Å². The number of rotatable bonds is 6. The minimum Gasteiger partial charge on any atom is -0.393 e. The molecule has 2 spiro atoms. The Morgan fingerprint density at radius 1 is 0.938 bits per heavy atom. The van der Waals surface area contributed by atoms with Crippen molar-refractivity contribution in [3.8, 4) is 0 Å². The van der Waals surface area contributed by atoms with Gasteiger partial charge in [0.25, 0.3) is 0 Å². The Kier molecular flexibility index (Phi) is 5.57. The van der Waals surface area contributed by atoms with Gasteiger partial charge in [0.2, 0.25) is 0 Å². The van der Waals surface area contributed by atoms with Gasteiger partial charge in [-0.1, -0.05) is 59.6 Å². The van der Waals surface area contributed by atoms with E-state index in [1.54, 1.807) is 0 Å². The topological polar surface area (TPSA) is 20.2 Å². The first-order chi connectivity index (χ1) is 15.0. The number of fused-ring (bicyclic) bond motifs is 2. The normalized spacial score (nSPS) is 53.4. The Morgan fingerprint density at radius 3 is 2.41 bits per heavy atom. The molecule has 0 aromatic heterocycles. The molecule has 1 nitrogen and oxygen atoms in total. The Balaban J connectivity index is 1.32. The lowest BCUT2D eigenvalue weighted by Crippen LogP contribution is -2.55. The van der Waals surface area contributed by atoms with Crippen molar-refractivity contribution >= 4 is 0 Å². The van der Waals surface area contributed by atoms with Crippen molar-refractivity contribution in [1.29, 1.82) is 0 Å². The van der Waals surface area contributed by atoms with Crippen LogP contribution in [0.2, 0.25) is 0 Å². The molecule has 5 saturated carbocycles. The maximum absolute atomic E-state index is 10.6. The quantitative estimate of drug-likeness (QED) is 0.411. The molecule has 5 rings (SSSR count). The third-order valence-corrected chi connectivity index (χ3v) is 13.6. The molecule has 5 fully saturated rings. The lowest BCUT2D eigenvalue weighted by Gasteiger charge is -2.62. The van der Waals surface area contributed by atoms with Crippen LogP contribution < -0.4 is 0 Å². The van der Waals surface area contributed by atoms with Gasteiger partial charge in [-0.3, -0.25) is 0 Å². The van der Waals surface area contributed by atoms with E-state index in [1.165, 1.54) is 76.2 Å². The Hall–Kier alpha value is -0.300. The molecule has 0 amide bonds. The van der Waals surface area contributed by atoms with Gasteiger partial charge in [0.05, 0.1) is 6.10 Å². The van der Waals surface area contributed by atoms with Gasteiger partial charge in [-0.25, -0.2) is 0 Å². The smallest absolute Gasteiger partial charge is 0.0568 e. The van der Waals surface area contributed by atoms with Gasteiger partial charge in [-0.05, 0) is 128 Å². The standard InChI is InChI=1S/C31H52O/c1-20(2)21(3)9-8-10-22(4)24-13-15-29(7)27-12-11-25-23(5)26(32)14-16-30(25)19-31(27,30)18-17-28(24,29)6/h21-27,32H,1,8-19H2,2-7H3/t21-,22+,23+,24-,25-,26+,27+,28-,29+,30-,31+/m1/s1. The third-order valence-electron chi connectivity index (χ3n) is 13.6. The molecular formula is C31H52O. The highest BCUT2D eigenvalue weighted by atomic mass is 16.3. The fourth-order valence-electron chi connectivity index (χ4n) is 11.2. The molecule has 32 heavy (non-hydrogen) atoms. The maximum Gasteiger partial charge on any atom is 0.0568 e. The highest BCUT2D eigenvalue weighted by molar-refractivity contribution is 5.29. The number of hydrogen-bond donors (Lipinski definition) is 1. The first-order valence-electron chi connectivity index (χ1n) is 14.4. The summed E-state index contributed by atoms with van der Waals surface area (Å²) in [4.78, 5) is 0. The maximum atomic E-state index is 10.6. The monoisotopic (exact) mass is 440 g/mol. The van der Waals surface area contributed by atoms with Gasteiger partial charge in [0.15, 0.2) is 0 Å². The minimum atomic E-state index is -0.0337. The molecule has 0 aromatic rings. The fraction of sp³-hybridized carbons (Fsp3) is 0.935. The zero-order valence-corrected chi connectivity index (χ0v) is 22.2. The van der Waals surface area contributed by atoms with Crippen LogP contribution >= 0.6 is 0 Å². The van der Waals surface area contributed by atoms with Crippen molar-refractivity contribution < 1.29 is 5.11 Å². The molecule has 182 valence electrons. The van der Waals surface area contributed by atoms with Gasteiger partial charge >= 0.3 is 0 Å². The molecule has 1 N–H and O–H groups in total. The predicted molar refractivity (Wildman–Crippen MR) is 135 cm³/mol. The van der Waals surface area contributed by atoms with Gasteiger partial charge in [0.1, 0.15) is 0 Å². The number of aliphatic hydroxyl groups is 1. The lowest BCUT2D eigenvalue weighted by atomic mass is 9.43. The van der Waals surface area contributed by atoms with E-state index in [0.717, 1.165) is 30.1 Å². The molecule has 0 heterocycles. The molecule has 0 bridgehead atoms. The van der Waals surface area contributed by atoms with Gasteiger partial charge in [-0.2, -0.15) is 0 Å². The summed E-state index contributed by atoms with van der Waals surface area (Å²) in [6.45, 7) is 19.2. The van der Waals surface area contributed by atoms with Crippen molar-refractivity contribution in [2.45, 2.75) is 125 Å². The summed E-state index contributed by atoms with van der Waals surface area (Å²) >= 11 is 0. The number of aliphatic hydroxyl groups excluding tert-OH is 1. The van der Waals surface area contributed by atoms with Crippen LogP contribution in [0.4, 0.5) is 0 Å². The summed E-state index contributed by atoms with van der Waals surface area (Å²) in [5.74, 6) is 4.75. The van der Waals surface area contributed by atoms with Crippen molar-refractivity contribution in [1.82, 2.24) is 0 Å². The molecule has 1 heteroatoms. The SMILES string of the molecule is C=C(C)[C@H](C)CCC[C@H](C)[C@H]1CC[C@@]2(C)[C@@H]3CC[C@@H]4[C@H](C)[C@@H](O)CC[C@@]45C[C@@]35CC[C@]12C. The van der Waals surface area contributed by atoms with Gasteiger partial charge < -0.3 is 5.11 Å². The Bertz CT molecular complexity index is 756. The number of allylic oxidation sites excluding steroid dienone is 1. The van der Waals surface area contributed by atoms with Crippen molar-refractivity contribution in [3.63, 3.8) is 0 Å². The second-order valence-electron chi connectivity index (χ2n) is 14.3. The average Bonchev–Trinajstić information content (AvgIpc) is 3.33. The number of hydrogen-bond acceptors (Lipinski definition) is 1. The zero-order valence-electron chi connectivity index (χ0n) is 22.2. The van der Waals surface area contributed by atoms with Crippen LogP contribution in [0.5, 0.6) is 0 Å². The molecular weight excluding hydrogens is 388 g/mol. The summed E-state index contributed by atoms with van der Waals surface area (Å²) in [7, 11) is 0. The molecule has 0 saturated heterocycles. The molecule has 5 aliphatic rings. The van der Waals surface area contributed by atoms with Crippen molar-refractivity contribution in [2.24, 2.45) is 57.2 Å². The highest BCUT2D eigenvalue weighted by Gasteiger charge is 2.81. The zero-order chi connectivity index (χ0) is 23.1. The highest BCUT2D eigenvalue weighted by Crippen LogP contribution is 2.88. The van der Waals surface area contributed by atoms with Crippen LogP contribution in [0.15, 0.2) is 12.2 Å². The molecule has 0 aliphatic heterocycles. The van der Waals surface area contributed by atoms with Gasteiger partial charge in [0, 0.05) is 0 Å². The lowest BCUT2D eigenvalue weighted by molar-refractivity contribution is -0.142. The van der Waals surface area contributed by atoms with E-state index in [-0.39, 0.29) is 6.10 Å². The molecule has 0 radical (unpaired) electrons. The van der Waals surface area contributed by atoms with Crippen LogP contribution in [-0.2, 0) is 0 Å². The van der Waals surface area contributed by atoms with Crippen LogP contribution in [0.3, 0.4) is 0 Å². The second-order valence-corrected chi connectivity index (χ2v) is 14.3. The predicted octanol–water partition coefficient (Wildman–Crippen LogP) is 8.41. The average molecular weight is 441 g/mol. The van der Waals surface area contributed by atoms with Crippen LogP contribution in [-0.4, -0.2) is 11.2 Å². The summed E-state index contributed by atoms with van der Waals surface area (Å²) < 4.78 is 0. The summed E-state index contributed by atoms with van der Waals surface area (Å²) in [6, 6.07) is 0. The first-order valence-corrected chi connectivity index (χ1v) is 14.4. The van der Waals surface area contributed by atoms with E-state index >= 15 is 0 Å². The van der Waals surface area contributed by atoms with E-state index in [9.17, 15) is 5.11 Å². The van der Waals surface area contributed by atoms with E-state index < -0.39 is 0 Å². The summed E-state index contributed by atoms with van der Waals surface area (Å²) in [6.07, 6.45) is 16.8. The van der Waals surface area contributed by atoms with Gasteiger partial charge in [-0.15, -0.1) is 0 Å². The molecule has 5 aliphatic carbocycles. The summed E-state index contributed by atoms with van der Waals surface area (Å²) in [5.41, 5.74) is 3.70.